The number of hydrogen-bond acceptors (Lipinski definition) is 4. The van der Waals surface area contributed by atoms with Crippen molar-refractivity contribution in [3.05, 3.63) is 0 Å². The van der Waals surface area contributed by atoms with E-state index in [1.807, 2.05) is 0 Å². The minimum absolute atomic E-state index is 0. The van der Waals surface area contributed by atoms with Crippen LogP contribution in [0.3, 0.4) is 0 Å². The predicted molar refractivity (Wildman–Crippen MR) is 49.8 cm³/mol. The smallest absolute Gasteiger partial charge is 0.151 e. The van der Waals surface area contributed by atoms with Crippen LogP contribution in [-0.2, 0) is 40.2 Å². The van der Waals surface area contributed by atoms with Crippen molar-refractivity contribution in [2.75, 3.05) is 0 Å². The van der Waals surface area contributed by atoms with Crippen molar-refractivity contribution in [3.63, 3.8) is 0 Å². The quantitative estimate of drug-likeness (QED) is 0.646. The first-order chi connectivity index (χ1) is 6.25. The molecular weight excluding hydrogens is 379 g/mol. The van der Waals surface area contributed by atoms with Crippen molar-refractivity contribution in [3.8, 4) is 0 Å². The van der Waals surface area contributed by atoms with Gasteiger partial charge in [0.05, 0.1) is 0 Å². The van der Waals surface area contributed by atoms with Gasteiger partial charge in [0.1, 0.15) is 5.78 Å². The van der Waals surface area contributed by atoms with Gasteiger partial charge in [-0.2, -0.15) is 0 Å². The maximum Gasteiger partial charge on any atom is 0.151 e. The number of Topliss-reactive ketones (excluding diaryl/α,β-unsaturated/α-hetero) is 4. The Morgan fingerprint density at radius 3 is 1.13 bits per heavy atom. The Morgan fingerprint density at radius 2 is 1.07 bits per heavy atom. The molecule has 0 aliphatic heterocycles. The van der Waals surface area contributed by atoms with Crippen molar-refractivity contribution in [1.29, 1.82) is 0 Å². The van der Waals surface area contributed by atoms with Crippen molar-refractivity contribution in [2.24, 2.45) is 5.41 Å². The molecule has 0 radical (unpaired) electrons. The van der Waals surface area contributed by atoms with Crippen LogP contribution in [0.5, 0.6) is 0 Å². The van der Waals surface area contributed by atoms with Crippen LogP contribution in [0.4, 0.5) is 0 Å². The van der Waals surface area contributed by atoms with Crippen LogP contribution in [0.2, 0.25) is 0 Å². The van der Waals surface area contributed by atoms with Crippen LogP contribution in [0.15, 0.2) is 0 Å². The summed E-state index contributed by atoms with van der Waals surface area (Å²) in [5, 5.41) is 0. The topological polar surface area (TPSA) is 68.3 Å². The van der Waals surface area contributed by atoms with Gasteiger partial charge in [0, 0.05) is 27.5 Å². The van der Waals surface area contributed by atoms with Gasteiger partial charge in [0.2, 0.25) is 0 Å². The second kappa shape index (κ2) is 6.06. The van der Waals surface area contributed by atoms with Crippen molar-refractivity contribution < 1.29 is 40.2 Å². The summed E-state index contributed by atoms with van der Waals surface area (Å²) in [6, 6.07) is 0. The van der Waals surface area contributed by atoms with E-state index in [1.54, 1.807) is 0 Å². The van der Waals surface area contributed by atoms with Crippen molar-refractivity contribution >= 4 is 23.1 Å². The number of rotatable bonds is 5. The summed E-state index contributed by atoms with van der Waals surface area (Å²) < 4.78 is 0. The molecule has 88 valence electrons. The molecule has 0 atom stereocenters. The Hall–Kier alpha value is -0.632. The summed E-state index contributed by atoms with van der Waals surface area (Å²) in [7, 11) is 0. The molecule has 0 aliphatic carbocycles. The van der Waals surface area contributed by atoms with Crippen LogP contribution in [-0.4, -0.2) is 23.1 Å². The molecule has 0 saturated heterocycles. The van der Waals surface area contributed by atoms with Gasteiger partial charge in [-0.3, -0.25) is 19.2 Å². The van der Waals surface area contributed by atoms with E-state index in [4.69, 9.17) is 0 Å². The average Bonchev–Trinajstić information content (AvgIpc) is 1.97. The second-order valence-corrected chi connectivity index (χ2v) is 3.45. The molecule has 0 aromatic heterocycles. The van der Waals surface area contributed by atoms with E-state index in [1.165, 1.54) is 6.92 Å². The predicted octanol–water partition coefficient (Wildman–Crippen LogP) is 0.716. The first-order valence-corrected chi connectivity index (χ1v) is 4.27. The molecule has 0 amide bonds. The first kappa shape index (κ1) is 16.8. The Balaban J connectivity index is 0. The third kappa shape index (κ3) is 3.45. The zero-order valence-electron chi connectivity index (χ0n) is 9.16. The molecule has 0 unspecified atom stereocenters. The van der Waals surface area contributed by atoms with Crippen LogP contribution in [0.25, 0.3) is 0 Å². The largest absolute Gasteiger partial charge is 0.300 e. The Bertz CT molecular complexity index is 271. The number of carbonyl (C=O) groups excluding carboxylic acids is 4. The van der Waals surface area contributed by atoms with Crippen LogP contribution in [0, 0.1) is 5.41 Å². The molecule has 0 spiro atoms. The van der Waals surface area contributed by atoms with Gasteiger partial charge in [-0.25, -0.2) is 0 Å². The molecule has 15 heavy (non-hydrogen) atoms. The molecule has 0 aromatic carbocycles. The van der Waals surface area contributed by atoms with E-state index in [9.17, 15) is 19.2 Å². The fourth-order valence-electron chi connectivity index (χ4n) is 1.49. The van der Waals surface area contributed by atoms with Gasteiger partial charge < -0.3 is 0 Å². The third-order valence-electron chi connectivity index (χ3n) is 2.32. The van der Waals surface area contributed by atoms with Gasteiger partial charge in [-0.05, 0) is 27.7 Å². The standard InChI is InChI=1S/C10H14O4.Pt/c1-6(11)5-10(7(2)12,8(3)13)9(4)14;/h5H2,1-4H3;. The van der Waals surface area contributed by atoms with Crippen LogP contribution < -0.4 is 0 Å². The monoisotopic (exact) mass is 393 g/mol. The van der Waals surface area contributed by atoms with E-state index >= 15 is 0 Å². The van der Waals surface area contributed by atoms with E-state index < -0.39 is 22.8 Å². The average molecular weight is 393 g/mol. The molecule has 5 heteroatoms. The molecule has 0 heterocycles. The Morgan fingerprint density at radius 1 is 0.800 bits per heavy atom. The molecule has 0 rings (SSSR count). The van der Waals surface area contributed by atoms with Gasteiger partial charge >= 0.3 is 0 Å². The molecule has 4 nitrogen and oxygen atoms in total. The minimum Gasteiger partial charge on any atom is -0.300 e. The number of hydrogen-bond donors (Lipinski definition) is 0. The Kier molecular flexibility index (Phi) is 6.78. The molecule has 0 saturated carbocycles. The minimum atomic E-state index is -1.74. The summed E-state index contributed by atoms with van der Waals surface area (Å²) in [5.41, 5.74) is -1.74. The second-order valence-electron chi connectivity index (χ2n) is 3.45. The van der Waals surface area contributed by atoms with Crippen LogP contribution >= 0.6 is 0 Å². The Labute approximate surface area is 103 Å². The first-order valence-electron chi connectivity index (χ1n) is 4.27. The SMILES string of the molecule is CC(=O)CC(C(C)=O)(C(C)=O)C(C)=O.[Pt]. The third-order valence-corrected chi connectivity index (χ3v) is 2.32. The summed E-state index contributed by atoms with van der Waals surface area (Å²) in [6.45, 7) is 4.73. The number of ketones is 4. The molecule has 0 bridgehead atoms. The fraction of sp³-hybridized carbons (Fsp3) is 0.600. The van der Waals surface area contributed by atoms with E-state index in [2.05, 4.69) is 0 Å². The van der Waals surface area contributed by atoms with Crippen LogP contribution in [0.1, 0.15) is 34.1 Å². The molecule has 0 fully saturated rings. The van der Waals surface area contributed by atoms with Gasteiger partial charge in [0.25, 0.3) is 0 Å². The fourth-order valence-corrected chi connectivity index (χ4v) is 1.49. The molecule has 0 N–H and O–H groups in total. The maximum absolute atomic E-state index is 11.3. The van der Waals surface area contributed by atoms with Gasteiger partial charge in [-0.1, -0.05) is 0 Å². The maximum atomic E-state index is 11.3. The summed E-state index contributed by atoms with van der Waals surface area (Å²) in [4.78, 5) is 44.8. The summed E-state index contributed by atoms with van der Waals surface area (Å²) in [6.07, 6.45) is -0.326. The van der Waals surface area contributed by atoms with E-state index in [0.29, 0.717) is 0 Å². The van der Waals surface area contributed by atoms with Gasteiger partial charge in [-0.15, -0.1) is 0 Å². The summed E-state index contributed by atoms with van der Waals surface area (Å²) >= 11 is 0. The normalized spacial score (nSPS) is 10.1. The van der Waals surface area contributed by atoms with Gasteiger partial charge in [0.15, 0.2) is 22.8 Å². The van der Waals surface area contributed by atoms with E-state index in [0.717, 1.165) is 20.8 Å². The zero-order valence-corrected chi connectivity index (χ0v) is 11.4. The molecule has 0 aliphatic rings. The summed E-state index contributed by atoms with van der Waals surface area (Å²) in [5.74, 6) is -2.03. The number of carbonyl (C=O) groups is 4. The van der Waals surface area contributed by atoms with Crippen molar-refractivity contribution in [2.45, 2.75) is 34.1 Å². The molecule has 0 aromatic rings. The van der Waals surface area contributed by atoms with E-state index in [-0.39, 0.29) is 33.3 Å². The molecular formula is C10H14O4Pt. The zero-order chi connectivity index (χ0) is 11.5. The van der Waals surface area contributed by atoms with Crippen molar-refractivity contribution in [1.82, 2.24) is 0 Å².